The lowest BCUT2D eigenvalue weighted by molar-refractivity contribution is -0.577. The summed E-state index contributed by atoms with van der Waals surface area (Å²) < 4.78 is 12.7. The summed E-state index contributed by atoms with van der Waals surface area (Å²) in [6, 6.07) is 9.90. The molecule has 2 bridgehead atoms. The fourth-order valence-corrected chi connectivity index (χ4v) is 5.68. The van der Waals surface area contributed by atoms with Gasteiger partial charge in [-0.15, -0.1) is 0 Å². The van der Waals surface area contributed by atoms with E-state index in [9.17, 15) is 0 Å². The molecule has 8 atom stereocenters. The van der Waals surface area contributed by atoms with E-state index in [0.717, 1.165) is 24.8 Å². The third kappa shape index (κ3) is 2.81. The smallest absolute Gasteiger partial charge is 0.232 e. The monoisotopic (exact) mass is 387 g/mol. The Morgan fingerprint density at radius 2 is 1.89 bits per heavy atom. The molecule has 5 fully saturated rings. The van der Waals surface area contributed by atoms with Crippen LogP contribution < -0.4 is 0 Å². The number of rotatable bonds is 3. The highest BCUT2D eigenvalue weighted by Crippen LogP contribution is 2.60. The van der Waals surface area contributed by atoms with Gasteiger partial charge in [0.2, 0.25) is 12.1 Å². The zero-order valence-electron chi connectivity index (χ0n) is 16.7. The maximum atomic E-state index is 6.33. The van der Waals surface area contributed by atoms with Gasteiger partial charge in [0.05, 0.1) is 6.21 Å². The van der Waals surface area contributed by atoms with Gasteiger partial charge >= 0.3 is 0 Å². The van der Waals surface area contributed by atoms with E-state index in [2.05, 4.69) is 19.0 Å². The summed E-state index contributed by atoms with van der Waals surface area (Å²) in [5.41, 5.74) is 0.429. The van der Waals surface area contributed by atoms with Gasteiger partial charge in [0.15, 0.2) is 11.9 Å². The summed E-state index contributed by atoms with van der Waals surface area (Å²) >= 11 is 0. The molecule has 0 radical (unpaired) electrons. The minimum atomic E-state index is -0.768. The molecule has 4 saturated heterocycles. The standard InChI is InChI=1S/C22H29NO5/c1-14-9-10-18-15(2)19(26-23-13-16-7-5-4-6-8-16)24-20-22(18)17(14)11-12-21(3,25-20)27-28-22/h4-8,13-15,17-20H,9-12H2,1-3H3/t14-,15-,17?,18?,19?,20?,21-,22-/m1/s1. The Morgan fingerprint density at radius 3 is 2.71 bits per heavy atom. The van der Waals surface area contributed by atoms with Crippen LogP contribution in [0.4, 0.5) is 0 Å². The molecule has 0 N–H and O–H groups in total. The predicted molar refractivity (Wildman–Crippen MR) is 102 cm³/mol. The molecular formula is C22H29NO5. The molecule has 0 amide bonds. The molecule has 6 nitrogen and oxygen atoms in total. The van der Waals surface area contributed by atoms with E-state index < -0.39 is 24.0 Å². The van der Waals surface area contributed by atoms with E-state index in [0.29, 0.717) is 11.8 Å². The number of hydrogen-bond donors (Lipinski definition) is 0. The van der Waals surface area contributed by atoms with Crippen molar-refractivity contribution in [1.29, 1.82) is 0 Å². The third-order valence-electron chi connectivity index (χ3n) is 7.26. The molecule has 0 aromatic heterocycles. The largest absolute Gasteiger partial charge is 0.363 e. The Kier molecular flexibility index (Phi) is 4.51. The molecular weight excluding hydrogens is 358 g/mol. The molecule has 28 heavy (non-hydrogen) atoms. The van der Waals surface area contributed by atoms with Crippen LogP contribution in [0.15, 0.2) is 35.5 Å². The van der Waals surface area contributed by atoms with Gasteiger partial charge in [-0.05, 0) is 43.6 Å². The number of ether oxygens (including phenoxy) is 2. The first-order chi connectivity index (χ1) is 13.5. The molecule has 4 aliphatic heterocycles. The second kappa shape index (κ2) is 6.80. The molecule has 4 heterocycles. The zero-order valence-corrected chi connectivity index (χ0v) is 16.7. The molecule has 1 saturated carbocycles. The highest BCUT2D eigenvalue weighted by atomic mass is 17.3. The lowest BCUT2D eigenvalue weighted by atomic mass is 9.58. The SMILES string of the molecule is C[C@H]1C(ON=Cc2ccccc2)OC2O[C@@]3(C)CCC4[C@H](C)CCC1[C@@]24OO3. The van der Waals surface area contributed by atoms with Crippen molar-refractivity contribution in [2.45, 2.75) is 70.4 Å². The summed E-state index contributed by atoms with van der Waals surface area (Å²) in [6.07, 6.45) is 4.80. The van der Waals surface area contributed by atoms with Crippen molar-refractivity contribution >= 4 is 6.21 Å². The van der Waals surface area contributed by atoms with Gasteiger partial charge in [0, 0.05) is 18.3 Å². The molecule has 1 aromatic rings. The number of fused-ring (bicyclic) bond motifs is 2. The van der Waals surface area contributed by atoms with Crippen LogP contribution in [0.1, 0.15) is 52.0 Å². The Labute approximate surface area is 166 Å². The summed E-state index contributed by atoms with van der Waals surface area (Å²) in [5.74, 6) is 0.504. The summed E-state index contributed by atoms with van der Waals surface area (Å²) in [4.78, 5) is 17.8. The molecule has 1 aromatic carbocycles. The van der Waals surface area contributed by atoms with Crippen molar-refractivity contribution < 1.29 is 24.1 Å². The van der Waals surface area contributed by atoms with Gasteiger partial charge in [0.25, 0.3) is 0 Å². The van der Waals surface area contributed by atoms with Gasteiger partial charge in [-0.25, -0.2) is 9.78 Å². The van der Waals surface area contributed by atoms with Crippen LogP contribution in [0.25, 0.3) is 0 Å². The van der Waals surface area contributed by atoms with Crippen LogP contribution in [0.3, 0.4) is 0 Å². The van der Waals surface area contributed by atoms with E-state index in [1.165, 1.54) is 6.42 Å². The lowest BCUT2D eigenvalue weighted by Gasteiger charge is -2.59. The zero-order chi connectivity index (χ0) is 19.4. The first-order valence-corrected chi connectivity index (χ1v) is 10.5. The first kappa shape index (κ1) is 18.6. The van der Waals surface area contributed by atoms with Crippen molar-refractivity contribution in [2.24, 2.45) is 28.8 Å². The van der Waals surface area contributed by atoms with Crippen LogP contribution in [-0.4, -0.2) is 30.2 Å². The third-order valence-corrected chi connectivity index (χ3v) is 7.26. The summed E-state index contributed by atoms with van der Waals surface area (Å²) in [6.45, 7) is 6.41. The van der Waals surface area contributed by atoms with Crippen molar-refractivity contribution in [2.75, 3.05) is 0 Å². The van der Waals surface area contributed by atoms with Crippen LogP contribution >= 0.6 is 0 Å². The van der Waals surface area contributed by atoms with Crippen molar-refractivity contribution in [3.8, 4) is 0 Å². The van der Waals surface area contributed by atoms with Crippen molar-refractivity contribution in [3.05, 3.63) is 35.9 Å². The molecule has 1 aliphatic carbocycles. The topological polar surface area (TPSA) is 58.5 Å². The molecule has 5 aliphatic rings. The van der Waals surface area contributed by atoms with Crippen molar-refractivity contribution in [1.82, 2.24) is 0 Å². The molecule has 1 spiro atoms. The summed E-state index contributed by atoms with van der Waals surface area (Å²) in [5, 5.41) is 4.20. The second-order valence-electron chi connectivity index (χ2n) is 9.02. The van der Waals surface area contributed by atoms with Gasteiger partial charge in [0.1, 0.15) is 0 Å². The molecule has 4 unspecified atom stereocenters. The number of hydrogen-bond acceptors (Lipinski definition) is 6. The van der Waals surface area contributed by atoms with Crippen LogP contribution in [-0.2, 0) is 24.1 Å². The second-order valence-corrected chi connectivity index (χ2v) is 9.02. The van der Waals surface area contributed by atoms with Crippen LogP contribution in [0.2, 0.25) is 0 Å². The average Bonchev–Trinajstić information content (AvgIpc) is 2.92. The summed E-state index contributed by atoms with van der Waals surface area (Å²) in [7, 11) is 0. The Morgan fingerprint density at radius 1 is 1.07 bits per heavy atom. The minimum absolute atomic E-state index is 0.119. The number of nitrogens with zero attached hydrogens (tertiary/aromatic N) is 1. The normalized spacial score (nSPS) is 47.5. The predicted octanol–water partition coefficient (Wildman–Crippen LogP) is 4.25. The Hall–Kier alpha value is -1.47. The van der Waals surface area contributed by atoms with Gasteiger partial charge in [-0.2, -0.15) is 0 Å². The van der Waals surface area contributed by atoms with E-state index in [1.807, 2.05) is 37.3 Å². The van der Waals surface area contributed by atoms with Crippen LogP contribution in [0, 0.1) is 23.7 Å². The number of benzene rings is 1. The van der Waals surface area contributed by atoms with E-state index in [-0.39, 0.29) is 11.8 Å². The maximum absolute atomic E-state index is 6.33. The molecule has 152 valence electrons. The van der Waals surface area contributed by atoms with E-state index in [4.69, 9.17) is 24.1 Å². The van der Waals surface area contributed by atoms with Crippen LogP contribution in [0.5, 0.6) is 0 Å². The lowest BCUT2D eigenvalue weighted by Crippen LogP contribution is -2.70. The van der Waals surface area contributed by atoms with E-state index >= 15 is 0 Å². The maximum Gasteiger partial charge on any atom is 0.232 e. The fourth-order valence-electron chi connectivity index (χ4n) is 5.68. The first-order valence-electron chi connectivity index (χ1n) is 10.5. The van der Waals surface area contributed by atoms with Crippen molar-refractivity contribution in [3.63, 3.8) is 0 Å². The highest BCUT2D eigenvalue weighted by Gasteiger charge is 2.69. The number of oxime groups is 1. The quantitative estimate of drug-likeness (QED) is 0.441. The molecule has 6 heteroatoms. The Bertz CT molecular complexity index is 742. The van der Waals surface area contributed by atoms with Gasteiger partial charge < -0.3 is 14.3 Å². The molecule has 6 rings (SSSR count). The Balaban J connectivity index is 1.41. The van der Waals surface area contributed by atoms with Gasteiger partial charge in [-0.3, -0.25) is 0 Å². The minimum Gasteiger partial charge on any atom is -0.363 e. The van der Waals surface area contributed by atoms with E-state index in [1.54, 1.807) is 6.21 Å². The highest BCUT2D eigenvalue weighted by molar-refractivity contribution is 5.78. The average molecular weight is 387 g/mol. The fraction of sp³-hybridized carbons (Fsp3) is 0.682. The van der Waals surface area contributed by atoms with Gasteiger partial charge in [-0.1, -0.05) is 49.3 Å².